The van der Waals surface area contributed by atoms with Gasteiger partial charge in [0, 0.05) is 4.83 Å². The van der Waals surface area contributed by atoms with Gasteiger partial charge < -0.3 is 0 Å². The minimum atomic E-state index is -0.774. The number of benzene rings is 1. The van der Waals surface area contributed by atoms with Crippen molar-refractivity contribution in [3.05, 3.63) is 35.4 Å². The van der Waals surface area contributed by atoms with E-state index in [1.54, 1.807) is 6.07 Å². The summed E-state index contributed by atoms with van der Waals surface area (Å²) in [6, 6.07) is 4.16. The van der Waals surface area contributed by atoms with Crippen molar-refractivity contribution >= 4 is 15.9 Å². The molecule has 1 aromatic carbocycles. The highest BCUT2D eigenvalue weighted by molar-refractivity contribution is 9.09. The Labute approximate surface area is 110 Å². The van der Waals surface area contributed by atoms with Crippen molar-refractivity contribution in [3.63, 3.8) is 0 Å². The molecule has 17 heavy (non-hydrogen) atoms. The fourth-order valence-electron chi connectivity index (χ4n) is 2.55. The van der Waals surface area contributed by atoms with Crippen molar-refractivity contribution in [1.29, 1.82) is 0 Å². The molecular formula is C14H17BrF2. The lowest BCUT2D eigenvalue weighted by molar-refractivity contribution is 0.480. The van der Waals surface area contributed by atoms with E-state index in [2.05, 4.69) is 15.9 Å². The predicted octanol–water partition coefficient (Wildman–Crippen LogP) is 5.37. The van der Waals surface area contributed by atoms with E-state index in [0.717, 1.165) is 17.9 Å². The number of rotatable bonds is 4. The Kier molecular flexibility index (Phi) is 4.55. The molecule has 0 nitrogen and oxygen atoms in total. The first kappa shape index (κ1) is 13.0. The molecular weight excluding hydrogens is 286 g/mol. The first-order valence-corrected chi connectivity index (χ1v) is 7.17. The number of hydrogen-bond acceptors (Lipinski definition) is 0. The Morgan fingerprint density at radius 1 is 1.18 bits per heavy atom. The van der Waals surface area contributed by atoms with Crippen molar-refractivity contribution in [2.24, 2.45) is 5.92 Å². The monoisotopic (exact) mass is 302 g/mol. The van der Waals surface area contributed by atoms with Crippen LogP contribution in [0, 0.1) is 17.6 Å². The highest BCUT2D eigenvalue weighted by atomic mass is 79.9. The average molecular weight is 303 g/mol. The third-order valence-corrected chi connectivity index (χ3v) is 4.59. The summed E-state index contributed by atoms with van der Waals surface area (Å²) in [6.07, 6.45) is 7.53. The third kappa shape index (κ3) is 3.51. The van der Waals surface area contributed by atoms with Gasteiger partial charge in [-0.2, -0.15) is 0 Å². The third-order valence-electron chi connectivity index (χ3n) is 3.61. The van der Waals surface area contributed by atoms with Gasteiger partial charge in [-0.1, -0.05) is 47.7 Å². The van der Waals surface area contributed by atoms with E-state index >= 15 is 0 Å². The van der Waals surface area contributed by atoms with E-state index in [0.29, 0.717) is 0 Å². The highest BCUT2D eigenvalue weighted by Crippen LogP contribution is 2.35. The maximum atomic E-state index is 13.1. The molecule has 1 fully saturated rings. The smallest absolute Gasteiger partial charge is 0.159 e. The highest BCUT2D eigenvalue weighted by Gasteiger charge is 2.17. The van der Waals surface area contributed by atoms with Crippen LogP contribution < -0.4 is 0 Å². The summed E-state index contributed by atoms with van der Waals surface area (Å²) in [5, 5.41) is 0. The van der Waals surface area contributed by atoms with E-state index in [9.17, 15) is 8.78 Å². The van der Waals surface area contributed by atoms with Gasteiger partial charge in [-0.05, 0) is 36.5 Å². The van der Waals surface area contributed by atoms with E-state index in [1.165, 1.54) is 44.2 Å². The lowest BCUT2D eigenvalue weighted by Crippen LogP contribution is -1.98. The van der Waals surface area contributed by atoms with Gasteiger partial charge in [0.05, 0.1) is 0 Å². The topological polar surface area (TPSA) is 0 Å². The Morgan fingerprint density at radius 2 is 1.88 bits per heavy atom. The average Bonchev–Trinajstić information content (AvgIpc) is 2.82. The van der Waals surface area contributed by atoms with Crippen molar-refractivity contribution in [3.8, 4) is 0 Å². The van der Waals surface area contributed by atoms with Gasteiger partial charge in [-0.3, -0.25) is 0 Å². The second-order valence-corrected chi connectivity index (χ2v) is 5.97. The SMILES string of the molecule is Fc1ccc(C(Br)CCC2CCCC2)cc1F. The van der Waals surface area contributed by atoms with Crippen molar-refractivity contribution in [1.82, 2.24) is 0 Å². The minimum absolute atomic E-state index is 0.137. The second-order valence-electron chi connectivity index (χ2n) is 4.87. The lowest BCUT2D eigenvalue weighted by Gasteiger charge is -2.13. The molecule has 0 amide bonds. The molecule has 0 heterocycles. The van der Waals surface area contributed by atoms with Gasteiger partial charge in [-0.25, -0.2) is 8.78 Å². The summed E-state index contributed by atoms with van der Waals surface area (Å²) in [5.74, 6) is -0.697. The molecule has 1 aromatic rings. The molecule has 1 saturated carbocycles. The minimum Gasteiger partial charge on any atom is -0.204 e. The molecule has 1 aliphatic carbocycles. The standard InChI is InChI=1S/C14H17BrF2/c15-12(7-5-10-3-1-2-4-10)11-6-8-13(16)14(17)9-11/h6,8-10,12H,1-5,7H2. The van der Waals surface area contributed by atoms with Crippen LogP contribution in [0.1, 0.15) is 48.9 Å². The molecule has 0 radical (unpaired) electrons. The fraction of sp³-hybridized carbons (Fsp3) is 0.571. The zero-order chi connectivity index (χ0) is 12.3. The Hall–Kier alpha value is -0.440. The zero-order valence-electron chi connectivity index (χ0n) is 9.76. The molecule has 1 aliphatic rings. The quantitative estimate of drug-likeness (QED) is 0.656. The summed E-state index contributed by atoms with van der Waals surface area (Å²) >= 11 is 3.56. The second kappa shape index (κ2) is 5.94. The Morgan fingerprint density at radius 3 is 2.53 bits per heavy atom. The molecule has 94 valence electrons. The van der Waals surface area contributed by atoms with Crippen molar-refractivity contribution < 1.29 is 8.78 Å². The van der Waals surface area contributed by atoms with Crippen LogP contribution in [-0.4, -0.2) is 0 Å². The summed E-state index contributed by atoms with van der Waals surface area (Å²) < 4.78 is 25.9. The van der Waals surface area contributed by atoms with Crippen molar-refractivity contribution in [2.75, 3.05) is 0 Å². The van der Waals surface area contributed by atoms with Crippen LogP contribution in [-0.2, 0) is 0 Å². The van der Waals surface area contributed by atoms with Crippen LogP contribution in [0.5, 0.6) is 0 Å². The molecule has 0 aliphatic heterocycles. The largest absolute Gasteiger partial charge is 0.204 e. The normalized spacial score (nSPS) is 18.5. The Bertz CT molecular complexity index is 372. The lowest BCUT2D eigenvalue weighted by atomic mass is 9.98. The number of hydrogen-bond donors (Lipinski definition) is 0. The van der Waals surface area contributed by atoms with Crippen LogP contribution in [0.2, 0.25) is 0 Å². The van der Waals surface area contributed by atoms with Gasteiger partial charge in [0.2, 0.25) is 0 Å². The molecule has 1 unspecified atom stereocenters. The fourth-order valence-corrected chi connectivity index (χ4v) is 3.10. The molecule has 0 aromatic heterocycles. The molecule has 2 rings (SSSR count). The summed E-state index contributed by atoms with van der Waals surface area (Å²) in [4.78, 5) is 0.137. The summed E-state index contributed by atoms with van der Waals surface area (Å²) in [6.45, 7) is 0. The Balaban J connectivity index is 1.89. The molecule has 0 saturated heterocycles. The van der Waals surface area contributed by atoms with E-state index in [-0.39, 0.29) is 4.83 Å². The van der Waals surface area contributed by atoms with Crippen LogP contribution in [0.3, 0.4) is 0 Å². The predicted molar refractivity (Wildman–Crippen MR) is 69.2 cm³/mol. The van der Waals surface area contributed by atoms with Gasteiger partial charge in [0.1, 0.15) is 0 Å². The maximum absolute atomic E-state index is 13.1. The van der Waals surface area contributed by atoms with E-state index in [4.69, 9.17) is 0 Å². The molecule has 1 atom stereocenters. The molecule has 0 spiro atoms. The summed E-state index contributed by atoms with van der Waals surface area (Å²) in [7, 11) is 0. The van der Waals surface area contributed by atoms with Gasteiger partial charge in [0.15, 0.2) is 11.6 Å². The first-order chi connectivity index (χ1) is 8.16. The van der Waals surface area contributed by atoms with Crippen LogP contribution >= 0.6 is 15.9 Å². The van der Waals surface area contributed by atoms with E-state index < -0.39 is 11.6 Å². The number of alkyl halides is 1. The van der Waals surface area contributed by atoms with E-state index in [1.807, 2.05) is 0 Å². The van der Waals surface area contributed by atoms with Crippen LogP contribution in [0.25, 0.3) is 0 Å². The zero-order valence-corrected chi connectivity index (χ0v) is 11.3. The summed E-state index contributed by atoms with van der Waals surface area (Å²) in [5.41, 5.74) is 0.835. The molecule has 3 heteroatoms. The van der Waals surface area contributed by atoms with Crippen molar-refractivity contribution in [2.45, 2.75) is 43.4 Å². The first-order valence-electron chi connectivity index (χ1n) is 6.26. The number of halogens is 3. The van der Waals surface area contributed by atoms with Gasteiger partial charge >= 0.3 is 0 Å². The molecule has 0 bridgehead atoms. The molecule has 0 N–H and O–H groups in total. The van der Waals surface area contributed by atoms with Crippen LogP contribution in [0.4, 0.5) is 8.78 Å². The van der Waals surface area contributed by atoms with Gasteiger partial charge in [-0.15, -0.1) is 0 Å². The van der Waals surface area contributed by atoms with Gasteiger partial charge in [0.25, 0.3) is 0 Å². The van der Waals surface area contributed by atoms with Crippen LogP contribution in [0.15, 0.2) is 18.2 Å². The maximum Gasteiger partial charge on any atom is 0.159 e.